The summed E-state index contributed by atoms with van der Waals surface area (Å²) in [5, 5.41) is 22.2. The molecule has 0 fully saturated rings. The summed E-state index contributed by atoms with van der Waals surface area (Å²) >= 11 is 0. The Hall–Kier alpha value is -2.49. The van der Waals surface area contributed by atoms with Crippen molar-refractivity contribution >= 4 is 11.7 Å². The van der Waals surface area contributed by atoms with E-state index >= 15 is 0 Å². The maximum atomic E-state index is 11.0. The summed E-state index contributed by atoms with van der Waals surface area (Å²) in [6.45, 7) is 2.01. The summed E-state index contributed by atoms with van der Waals surface area (Å²) in [6, 6.07) is 13.7. The zero-order chi connectivity index (χ0) is 14.5. The number of anilines is 1. The second-order valence-corrected chi connectivity index (χ2v) is 4.55. The van der Waals surface area contributed by atoms with Crippen LogP contribution in [-0.4, -0.2) is 16.2 Å². The molecular formula is C16H17NO3. The summed E-state index contributed by atoms with van der Waals surface area (Å²) in [6.07, 6.45) is 0.773. The maximum absolute atomic E-state index is 11.0. The first-order valence-corrected chi connectivity index (χ1v) is 6.49. The van der Waals surface area contributed by atoms with Crippen molar-refractivity contribution in [1.82, 2.24) is 0 Å². The van der Waals surface area contributed by atoms with Gasteiger partial charge in [-0.25, -0.2) is 4.79 Å². The predicted octanol–water partition coefficient (Wildman–Crippen LogP) is 3.65. The number of hydrogen-bond acceptors (Lipinski definition) is 3. The van der Waals surface area contributed by atoms with E-state index in [1.54, 1.807) is 30.3 Å². The average molecular weight is 271 g/mol. The van der Waals surface area contributed by atoms with Crippen LogP contribution in [0.3, 0.4) is 0 Å². The molecule has 0 heterocycles. The molecule has 0 saturated heterocycles. The van der Waals surface area contributed by atoms with E-state index in [9.17, 15) is 9.90 Å². The fourth-order valence-electron chi connectivity index (χ4n) is 2.13. The standard InChI is InChI=1S/C16H17NO3/c1-2-14(13-8-3-4-9-15(13)18)17-12-7-5-6-11(10-12)16(19)20/h3-10,14,17-18H,2H2,1H3,(H,19,20). The molecule has 0 radical (unpaired) electrons. The van der Waals surface area contributed by atoms with Crippen molar-refractivity contribution in [1.29, 1.82) is 0 Å². The van der Waals surface area contributed by atoms with Crippen LogP contribution in [0.4, 0.5) is 5.69 Å². The Balaban J connectivity index is 2.25. The highest BCUT2D eigenvalue weighted by atomic mass is 16.4. The van der Waals surface area contributed by atoms with Gasteiger partial charge < -0.3 is 15.5 Å². The van der Waals surface area contributed by atoms with Gasteiger partial charge >= 0.3 is 5.97 Å². The largest absolute Gasteiger partial charge is 0.508 e. The minimum Gasteiger partial charge on any atom is -0.508 e. The number of carbonyl (C=O) groups is 1. The maximum Gasteiger partial charge on any atom is 0.335 e. The zero-order valence-corrected chi connectivity index (χ0v) is 11.2. The lowest BCUT2D eigenvalue weighted by Crippen LogP contribution is -2.10. The van der Waals surface area contributed by atoms with Gasteiger partial charge in [0.15, 0.2) is 0 Å². The van der Waals surface area contributed by atoms with Gasteiger partial charge in [-0.05, 0) is 30.7 Å². The number of hydrogen-bond donors (Lipinski definition) is 3. The predicted molar refractivity (Wildman–Crippen MR) is 78.2 cm³/mol. The molecule has 0 spiro atoms. The van der Waals surface area contributed by atoms with E-state index in [0.717, 1.165) is 17.7 Å². The molecule has 3 N–H and O–H groups in total. The molecule has 0 saturated carbocycles. The van der Waals surface area contributed by atoms with E-state index in [1.807, 2.05) is 25.1 Å². The Morgan fingerprint density at radius 2 is 1.95 bits per heavy atom. The van der Waals surface area contributed by atoms with Gasteiger partial charge in [0.1, 0.15) is 5.75 Å². The zero-order valence-electron chi connectivity index (χ0n) is 11.2. The van der Waals surface area contributed by atoms with Crippen molar-refractivity contribution in [3.05, 3.63) is 59.7 Å². The fraction of sp³-hybridized carbons (Fsp3) is 0.188. The van der Waals surface area contributed by atoms with Crippen LogP contribution < -0.4 is 5.32 Å². The number of benzene rings is 2. The molecule has 4 heteroatoms. The first-order valence-electron chi connectivity index (χ1n) is 6.49. The van der Waals surface area contributed by atoms with E-state index in [-0.39, 0.29) is 17.4 Å². The van der Waals surface area contributed by atoms with Gasteiger partial charge in [0.2, 0.25) is 0 Å². The molecule has 0 amide bonds. The SMILES string of the molecule is CCC(Nc1cccc(C(=O)O)c1)c1ccccc1O. The van der Waals surface area contributed by atoms with Crippen LogP contribution >= 0.6 is 0 Å². The summed E-state index contributed by atoms with van der Waals surface area (Å²) in [4.78, 5) is 11.0. The van der Waals surface area contributed by atoms with E-state index in [2.05, 4.69) is 5.32 Å². The molecule has 0 bridgehead atoms. The first-order chi connectivity index (χ1) is 9.61. The lowest BCUT2D eigenvalue weighted by molar-refractivity contribution is 0.0697. The Bertz CT molecular complexity index is 610. The van der Waals surface area contributed by atoms with Gasteiger partial charge in [-0.3, -0.25) is 0 Å². The van der Waals surface area contributed by atoms with Crippen LogP contribution in [0.2, 0.25) is 0 Å². The first kappa shape index (κ1) is 13.9. The van der Waals surface area contributed by atoms with Crippen LogP contribution in [0.15, 0.2) is 48.5 Å². The molecule has 2 rings (SSSR count). The van der Waals surface area contributed by atoms with E-state index in [1.165, 1.54) is 0 Å². The van der Waals surface area contributed by atoms with Crippen LogP contribution in [0.25, 0.3) is 0 Å². The number of carboxylic acid groups (broad SMARTS) is 1. The van der Waals surface area contributed by atoms with E-state index in [4.69, 9.17) is 5.11 Å². The molecule has 0 aromatic heterocycles. The molecule has 1 atom stereocenters. The minimum absolute atomic E-state index is 0.0692. The summed E-state index contributed by atoms with van der Waals surface area (Å²) in [5.41, 5.74) is 1.76. The van der Waals surface area contributed by atoms with Crippen molar-refractivity contribution in [3.8, 4) is 5.75 Å². The fourth-order valence-corrected chi connectivity index (χ4v) is 2.13. The van der Waals surface area contributed by atoms with Crippen molar-refractivity contribution in [3.63, 3.8) is 0 Å². The molecule has 2 aromatic carbocycles. The molecule has 0 aliphatic heterocycles. The van der Waals surface area contributed by atoms with Gasteiger partial charge in [0, 0.05) is 11.3 Å². The number of para-hydroxylation sites is 1. The van der Waals surface area contributed by atoms with Gasteiger partial charge in [-0.2, -0.15) is 0 Å². The molecule has 0 aliphatic carbocycles. The second-order valence-electron chi connectivity index (χ2n) is 4.55. The number of nitrogens with one attached hydrogen (secondary N) is 1. The molecule has 4 nitrogen and oxygen atoms in total. The highest BCUT2D eigenvalue weighted by molar-refractivity contribution is 5.88. The molecule has 2 aromatic rings. The topological polar surface area (TPSA) is 69.6 Å². The smallest absolute Gasteiger partial charge is 0.335 e. The number of carboxylic acids is 1. The normalized spacial score (nSPS) is 11.8. The van der Waals surface area contributed by atoms with Crippen LogP contribution in [-0.2, 0) is 0 Å². The van der Waals surface area contributed by atoms with Crippen LogP contribution in [0, 0.1) is 0 Å². The average Bonchev–Trinajstić information content (AvgIpc) is 2.46. The van der Waals surface area contributed by atoms with Gasteiger partial charge in [-0.1, -0.05) is 31.2 Å². The third-order valence-electron chi connectivity index (χ3n) is 3.17. The lowest BCUT2D eigenvalue weighted by atomic mass is 10.0. The van der Waals surface area contributed by atoms with Crippen molar-refractivity contribution in [2.75, 3.05) is 5.32 Å². The number of phenolic OH excluding ortho intramolecular Hbond substituents is 1. The van der Waals surface area contributed by atoms with Gasteiger partial charge in [0.25, 0.3) is 0 Å². The number of phenols is 1. The van der Waals surface area contributed by atoms with Gasteiger partial charge in [0.05, 0.1) is 11.6 Å². The quantitative estimate of drug-likeness (QED) is 0.776. The number of aromatic hydroxyl groups is 1. The second kappa shape index (κ2) is 6.10. The Morgan fingerprint density at radius 3 is 2.60 bits per heavy atom. The minimum atomic E-state index is -0.954. The monoisotopic (exact) mass is 271 g/mol. The summed E-state index contributed by atoms with van der Waals surface area (Å²) in [5.74, 6) is -0.717. The number of rotatable bonds is 5. The Labute approximate surface area is 117 Å². The molecule has 0 aliphatic rings. The van der Waals surface area contributed by atoms with Crippen LogP contribution in [0.5, 0.6) is 5.75 Å². The highest BCUT2D eigenvalue weighted by Crippen LogP contribution is 2.29. The van der Waals surface area contributed by atoms with Gasteiger partial charge in [-0.15, -0.1) is 0 Å². The van der Waals surface area contributed by atoms with Crippen LogP contribution in [0.1, 0.15) is 35.3 Å². The van der Waals surface area contributed by atoms with E-state index < -0.39 is 5.97 Å². The molecular weight excluding hydrogens is 254 g/mol. The molecule has 20 heavy (non-hydrogen) atoms. The lowest BCUT2D eigenvalue weighted by Gasteiger charge is -2.20. The third-order valence-corrected chi connectivity index (χ3v) is 3.17. The number of aromatic carboxylic acids is 1. The summed E-state index contributed by atoms with van der Waals surface area (Å²) < 4.78 is 0. The third kappa shape index (κ3) is 3.09. The Morgan fingerprint density at radius 1 is 1.20 bits per heavy atom. The summed E-state index contributed by atoms with van der Waals surface area (Å²) in [7, 11) is 0. The molecule has 1 unspecified atom stereocenters. The Kier molecular flexibility index (Phi) is 4.25. The van der Waals surface area contributed by atoms with E-state index in [0.29, 0.717) is 0 Å². The van der Waals surface area contributed by atoms with Crippen molar-refractivity contribution in [2.24, 2.45) is 0 Å². The van der Waals surface area contributed by atoms with Crippen molar-refractivity contribution in [2.45, 2.75) is 19.4 Å². The highest BCUT2D eigenvalue weighted by Gasteiger charge is 2.13. The molecule has 104 valence electrons. The van der Waals surface area contributed by atoms with Crippen molar-refractivity contribution < 1.29 is 15.0 Å².